The summed E-state index contributed by atoms with van der Waals surface area (Å²) in [5.74, 6) is -0.0350. The molecule has 2 aromatic heterocycles. The molecule has 2 N–H and O–H groups in total. The number of imidazole rings is 1. The number of aromatic amines is 1. The normalized spacial score (nSPS) is 11.2. The van der Waals surface area contributed by atoms with Gasteiger partial charge in [-0.15, -0.1) is 0 Å². The first-order valence-electron chi connectivity index (χ1n) is 8.39. The lowest BCUT2D eigenvalue weighted by molar-refractivity contribution is -0.384. The monoisotopic (exact) mass is 407 g/mol. The molecule has 2 aromatic carbocycles. The largest absolute Gasteiger partial charge is 0.448 e. The summed E-state index contributed by atoms with van der Waals surface area (Å²) in [6, 6.07) is 16.4. The molecule has 0 aliphatic carbocycles. The van der Waals surface area contributed by atoms with Crippen LogP contribution >= 0.6 is 11.8 Å². The molecule has 1 amide bonds. The molecule has 0 bridgehead atoms. The topological polar surface area (TPSA) is 126 Å². The minimum atomic E-state index is -0.530. The Hall–Kier alpha value is -3.92. The number of hydrogen-bond donors (Lipinski definition) is 2. The Balaban J connectivity index is 1.36. The summed E-state index contributed by atoms with van der Waals surface area (Å²) in [5.41, 5.74) is 4.33. The maximum atomic E-state index is 12.0. The fourth-order valence-corrected chi connectivity index (χ4v) is 3.25. The number of hydrazone groups is 1. The number of fused-ring (bicyclic) bond motifs is 1. The molecule has 0 saturated heterocycles. The van der Waals surface area contributed by atoms with E-state index in [9.17, 15) is 14.9 Å². The molecule has 9 nitrogen and oxygen atoms in total. The predicted octanol–water partition coefficient (Wildman–Crippen LogP) is 3.98. The van der Waals surface area contributed by atoms with E-state index < -0.39 is 10.8 Å². The van der Waals surface area contributed by atoms with Crippen molar-refractivity contribution in [3.63, 3.8) is 0 Å². The van der Waals surface area contributed by atoms with E-state index in [4.69, 9.17) is 4.42 Å². The average molecular weight is 407 g/mol. The van der Waals surface area contributed by atoms with E-state index in [1.165, 1.54) is 42.2 Å². The molecule has 0 atom stereocenters. The van der Waals surface area contributed by atoms with Gasteiger partial charge in [0.05, 0.1) is 22.2 Å². The number of hydrogen-bond acceptors (Lipinski definition) is 7. The lowest BCUT2D eigenvalue weighted by atomic mass is 10.2. The Labute approximate surface area is 168 Å². The molecule has 0 radical (unpaired) electrons. The zero-order chi connectivity index (χ0) is 20.2. The highest BCUT2D eigenvalue weighted by Gasteiger charge is 2.09. The maximum Gasteiger partial charge on any atom is 0.271 e. The van der Waals surface area contributed by atoms with Crippen molar-refractivity contribution in [2.75, 3.05) is 0 Å². The average Bonchev–Trinajstić information content (AvgIpc) is 3.34. The molecular weight excluding hydrogens is 394 g/mol. The lowest BCUT2D eigenvalue weighted by Crippen LogP contribution is -2.17. The van der Waals surface area contributed by atoms with Crippen LogP contribution in [0, 0.1) is 10.1 Å². The molecule has 10 heteroatoms. The van der Waals surface area contributed by atoms with Crippen molar-refractivity contribution in [3.05, 3.63) is 82.1 Å². The van der Waals surface area contributed by atoms with Crippen molar-refractivity contribution in [1.29, 1.82) is 0 Å². The number of H-pyrrole nitrogens is 1. The van der Waals surface area contributed by atoms with Crippen LogP contribution in [0.1, 0.15) is 16.1 Å². The van der Waals surface area contributed by atoms with Crippen LogP contribution in [0.25, 0.3) is 11.0 Å². The third kappa shape index (κ3) is 4.33. The summed E-state index contributed by atoms with van der Waals surface area (Å²) in [7, 11) is 0. The third-order valence-corrected chi connectivity index (χ3v) is 4.67. The molecule has 0 fully saturated rings. The first-order chi connectivity index (χ1) is 14.1. The second-order valence-electron chi connectivity index (χ2n) is 5.82. The van der Waals surface area contributed by atoms with E-state index >= 15 is 0 Å². The zero-order valence-electron chi connectivity index (χ0n) is 14.7. The molecule has 4 rings (SSSR count). The van der Waals surface area contributed by atoms with E-state index in [-0.39, 0.29) is 11.3 Å². The summed E-state index contributed by atoms with van der Waals surface area (Å²) in [5, 5.41) is 15.8. The van der Waals surface area contributed by atoms with Gasteiger partial charge in [0, 0.05) is 17.7 Å². The smallest absolute Gasteiger partial charge is 0.271 e. The molecule has 0 aliphatic heterocycles. The predicted molar refractivity (Wildman–Crippen MR) is 107 cm³/mol. The Morgan fingerprint density at radius 2 is 1.97 bits per heavy atom. The molecule has 0 aliphatic rings. The number of non-ortho nitro benzene ring substituents is 1. The number of benzene rings is 2. The summed E-state index contributed by atoms with van der Waals surface area (Å²) < 4.78 is 5.64. The van der Waals surface area contributed by atoms with Gasteiger partial charge in [-0.05, 0) is 48.2 Å². The third-order valence-electron chi connectivity index (χ3n) is 3.87. The highest BCUT2D eigenvalue weighted by Crippen LogP contribution is 2.28. The van der Waals surface area contributed by atoms with Crippen molar-refractivity contribution in [2.45, 2.75) is 10.2 Å². The number of nitro groups is 1. The van der Waals surface area contributed by atoms with Crippen LogP contribution < -0.4 is 5.43 Å². The van der Waals surface area contributed by atoms with Crippen molar-refractivity contribution < 1.29 is 14.1 Å². The minimum absolute atomic E-state index is 0.0879. The number of nitro benzene ring substituents is 1. The van der Waals surface area contributed by atoms with Gasteiger partial charge in [0.25, 0.3) is 11.6 Å². The number of nitrogens with zero attached hydrogens (tertiary/aromatic N) is 3. The van der Waals surface area contributed by atoms with Gasteiger partial charge in [-0.1, -0.05) is 12.1 Å². The quantitative estimate of drug-likeness (QED) is 0.283. The first kappa shape index (κ1) is 18.4. The van der Waals surface area contributed by atoms with Crippen molar-refractivity contribution >= 4 is 40.6 Å². The Morgan fingerprint density at radius 1 is 1.17 bits per heavy atom. The number of rotatable bonds is 6. The number of carbonyl (C=O) groups is 1. The molecule has 144 valence electrons. The van der Waals surface area contributed by atoms with Gasteiger partial charge in [-0.3, -0.25) is 14.9 Å². The van der Waals surface area contributed by atoms with E-state index in [1.807, 2.05) is 24.3 Å². The second kappa shape index (κ2) is 7.98. The van der Waals surface area contributed by atoms with Gasteiger partial charge in [-0.25, -0.2) is 10.4 Å². The van der Waals surface area contributed by atoms with Crippen LogP contribution in [0.5, 0.6) is 0 Å². The van der Waals surface area contributed by atoms with Crippen LogP contribution in [0.15, 0.2) is 80.4 Å². The number of aromatic nitrogens is 2. The molecule has 2 heterocycles. The molecule has 29 heavy (non-hydrogen) atoms. The van der Waals surface area contributed by atoms with Crippen molar-refractivity contribution in [3.8, 4) is 0 Å². The van der Waals surface area contributed by atoms with Crippen LogP contribution in [-0.2, 0) is 0 Å². The summed E-state index contributed by atoms with van der Waals surface area (Å²) in [4.78, 5) is 29.8. The SMILES string of the molecule is O=C(N/N=C/c1ccc(Sc2nc3ccccc3[nH]2)o1)c1ccc([N+](=O)[O-])cc1. The molecular formula is C19H13N5O4S. The van der Waals surface area contributed by atoms with Crippen molar-refractivity contribution in [1.82, 2.24) is 15.4 Å². The zero-order valence-corrected chi connectivity index (χ0v) is 15.6. The van der Waals surface area contributed by atoms with Crippen LogP contribution in [0.4, 0.5) is 5.69 Å². The lowest BCUT2D eigenvalue weighted by Gasteiger charge is -1.98. The summed E-state index contributed by atoms with van der Waals surface area (Å²) >= 11 is 1.34. The first-order valence-corrected chi connectivity index (χ1v) is 9.20. The molecule has 0 spiro atoms. The Bertz CT molecular complexity index is 1180. The molecule has 0 saturated carbocycles. The Kier molecular flexibility index (Phi) is 5.08. The van der Waals surface area contributed by atoms with Gasteiger partial charge in [-0.2, -0.15) is 5.10 Å². The maximum absolute atomic E-state index is 12.0. The number of nitrogens with one attached hydrogen (secondary N) is 2. The minimum Gasteiger partial charge on any atom is -0.448 e. The van der Waals surface area contributed by atoms with E-state index in [1.54, 1.807) is 12.1 Å². The van der Waals surface area contributed by atoms with Crippen LogP contribution in [-0.4, -0.2) is 27.0 Å². The highest BCUT2D eigenvalue weighted by atomic mass is 32.2. The fourth-order valence-electron chi connectivity index (χ4n) is 2.49. The van der Waals surface area contributed by atoms with Gasteiger partial charge < -0.3 is 9.40 Å². The van der Waals surface area contributed by atoms with Gasteiger partial charge in [0.15, 0.2) is 10.2 Å². The summed E-state index contributed by atoms with van der Waals surface area (Å²) in [6.07, 6.45) is 1.37. The highest BCUT2D eigenvalue weighted by molar-refractivity contribution is 7.99. The van der Waals surface area contributed by atoms with E-state index in [0.717, 1.165) is 11.0 Å². The van der Waals surface area contributed by atoms with Gasteiger partial charge in [0.2, 0.25) is 0 Å². The molecule has 0 unspecified atom stereocenters. The fraction of sp³-hybridized carbons (Fsp3) is 0. The van der Waals surface area contributed by atoms with E-state index in [2.05, 4.69) is 20.5 Å². The van der Waals surface area contributed by atoms with Crippen LogP contribution in [0.3, 0.4) is 0 Å². The Morgan fingerprint density at radius 3 is 2.72 bits per heavy atom. The van der Waals surface area contributed by atoms with E-state index in [0.29, 0.717) is 16.0 Å². The number of amides is 1. The number of carbonyl (C=O) groups excluding carboxylic acids is 1. The molecule has 4 aromatic rings. The van der Waals surface area contributed by atoms with Crippen LogP contribution in [0.2, 0.25) is 0 Å². The number of furan rings is 1. The number of para-hydroxylation sites is 2. The van der Waals surface area contributed by atoms with Gasteiger partial charge in [0.1, 0.15) is 5.76 Å². The summed E-state index contributed by atoms with van der Waals surface area (Å²) in [6.45, 7) is 0. The standard InChI is InChI=1S/C19H13N5O4S/c25-18(12-5-7-13(8-6-12)24(26)27)23-20-11-14-9-10-17(28-14)29-19-21-15-3-1-2-4-16(15)22-19/h1-11H,(H,21,22)(H,23,25)/b20-11+. The van der Waals surface area contributed by atoms with Crippen molar-refractivity contribution in [2.24, 2.45) is 5.10 Å². The second-order valence-corrected chi connectivity index (χ2v) is 6.81. The van der Waals surface area contributed by atoms with Gasteiger partial charge >= 0.3 is 0 Å².